The number of imidazole rings is 1. The Kier molecular flexibility index (Phi) is 3.34. The Morgan fingerprint density at radius 2 is 2.22 bits per heavy atom. The molecule has 4 N–H and O–H groups in total. The largest absolute Gasteiger partial charge is 0.341 e. The van der Waals surface area contributed by atoms with Crippen molar-refractivity contribution in [3.63, 3.8) is 0 Å². The summed E-state index contributed by atoms with van der Waals surface area (Å²) >= 11 is 0. The van der Waals surface area contributed by atoms with Crippen LogP contribution in [0.5, 0.6) is 0 Å². The summed E-state index contributed by atoms with van der Waals surface area (Å²) in [6.07, 6.45) is 0.870. The van der Waals surface area contributed by atoms with Gasteiger partial charge in [0.15, 0.2) is 5.69 Å². The van der Waals surface area contributed by atoms with Gasteiger partial charge < -0.3 is 15.6 Å². The second-order valence-electron chi connectivity index (χ2n) is 5.79. The van der Waals surface area contributed by atoms with Gasteiger partial charge in [0.2, 0.25) is 0 Å². The number of rotatable bonds is 3. The molecule has 0 fully saturated rings. The second kappa shape index (κ2) is 5.51. The lowest BCUT2D eigenvalue weighted by Crippen LogP contribution is -2.30. The Morgan fingerprint density at radius 3 is 3.09 bits per heavy atom. The average Bonchev–Trinajstić information content (AvgIpc) is 3.18. The molecule has 0 radical (unpaired) electrons. The van der Waals surface area contributed by atoms with Crippen LogP contribution < -0.4 is 10.6 Å². The third-order valence-electron chi connectivity index (χ3n) is 4.19. The van der Waals surface area contributed by atoms with Gasteiger partial charge in [-0.1, -0.05) is 12.1 Å². The van der Waals surface area contributed by atoms with Gasteiger partial charge in [0, 0.05) is 30.8 Å². The predicted octanol–water partition coefficient (Wildman–Crippen LogP) is 1.42. The molecule has 7 heteroatoms. The fraction of sp³-hybridized carbons (Fsp3) is 0.312. The zero-order valence-corrected chi connectivity index (χ0v) is 12.8. The number of benzene rings is 1. The van der Waals surface area contributed by atoms with Crippen LogP contribution >= 0.6 is 0 Å². The molecule has 2 aromatic heterocycles. The third kappa shape index (κ3) is 2.49. The maximum Gasteiger partial charge on any atom is 0.272 e. The molecule has 0 bridgehead atoms. The number of hydrogen-bond donors (Lipinski definition) is 4. The molecule has 1 aliphatic rings. The van der Waals surface area contributed by atoms with E-state index in [2.05, 4.69) is 30.8 Å². The highest BCUT2D eigenvalue weighted by Crippen LogP contribution is 2.18. The Morgan fingerprint density at radius 1 is 1.35 bits per heavy atom. The average molecular weight is 310 g/mol. The number of aromatic nitrogens is 4. The molecular weight excluding hydrogens is 292 g/mol. The minimum Gasteiger partial charge on any atom is -0.341 e. The summed E-state index contributed by atoms with van der Waals surface area (Å²) < 4.78 is 0. The highest BCUT2D eigenvalue weighted by atomic mass is 16.2. The summed E-state index contributed by atoms with van der Waals surface area (Å²) in [4.78, 5) is 20.3. The number of aromatic amines is 2. The standard InChI is InChI=1S/C16H18N6O/c1-9(15-19-12-4-2-3-5-13(12)20-15)18-16(23)14-10-8-17-7-6-11(10)21-22-14/h2-5,9,17H,6-8H2,1H3,(H,18,23)(H,19,20)(H,21,22). The molecule has 7 nitrogen and oxygen atoms in total. The minimum absolute atomic E-state index is 0.181. The van der Waals surface area contributed by atoms with Gasteiger partial charge in [-0.15, -0.1) is 0 Å². The Labute approximate surface area is 132 Å². The van der Waals surface area contributed by atoms with E-state index in [1.54, 1.807) is 0 Å². The van der Waals surface area contributed by atoms with Crippen molar-refractivity contribution in [3.05, 3.63) is 47.0 Å². The van der Waals surface area contributed by atoms with Crippen LogP contribution in [0.25, 0.3) is 11.0 Å². The fourth-order valence-electron chi connectivity index (χ4n) is 2.92. The predicted molar refractivity (Wildman–Crippen MR) is 86.0 cm³/mol. The number of para-hydroxylation sites is 2. The van der Waals surface area contributed by atoms with Crippen LogP contribution in [0.3, 0.4) is 0 Å². The van der Waals surface area contributed by atoms with E-state index in [1.165, 1.54) is 0 Å². The van der Waals surface area contributed by atoms with Crippen molar-refractivity contribution in [2.45, 2.75) is 25.9 Å². The van der Waals surface area contributed by atoms with Crippen LogP contribution in [0.1, 0.15) is 40.5 Å². The first-order valence-electron chi connectivity index (χ1n) is 7.74. The molecule has 118 valence electrons. The van der Waals surface area contributed by atoms with Gasteiger partial charge in [0.1, 0.15) is 5.82 Å². The van der Waals surface area contributed by atoms with Crippen molar-refractivity contribution in [1.82, 2.24) is 30.8 Å². The van der Waals surface area contributed by atoms with E-state index < -0.39 is 0 Å². The molecule has 0 saturated carbocycles. The first kappa shape index (κ1) is 14.0. The van der Waals surface area contributed by atoms with E-state index in [0.717, 1.165) is 41.1 Å². The lowest BCUT2D eigenvalue weighted by molar-refractivity contribution is 0.0932. The molecule has 0 saturated heterocycles. The van der Waals surface area contributed by atoms with Gasteiger partial charge in [-0.05, 0) is 19.1 Å². The summed E-state index contributed by atoms with van der Waals surface area (Å²) in [7, 11) is 0. The molecule has 1 atom stereocenters. The van der Waals surface area contributed by atoms with E-state index >= 15 is 0 Å². The number of amides is 1. The van der Waals surface area contributed by atoms with Crippen molar-refractivity contribution in [1.29, 1.82) is 0 Å². The van der Waals surface area contributed by atoms with E-state index in [0.29, 0.717) is 12.2 Å². The van der Waals surface area contributed by atoms with Crippen LogP contribution in [-0.2, 0) is 13.0 Å². The molecule has 23 heavy (non-hydrogen) atoms. The van der Waals surface area contributed by atoms with E-state index in [1.807, 2.05) is 31.2 Å². The smallest absolute Gasteiger partial charge is 0.272 e. The number of hydrogen-bond acceptors (Lipinski definition) is 4. The zero-order valence-electron chi connectivity index (χ0n) is 12.8. The molecular formula is C16H18N6O. The van der Waals surface area contributed by atoms with Gasteiger partial charge in [-0.2, -0.15) is 5.10 Å². The highest BCUT2D eigenvalue weighted by Gasteiger charge is 2.23. The topological polar surface area (TPSA) is 98.5 Å². The monoisotopic (exact) mass is 310 g/mol. The number of H-pyrrole nitrogens is 2. The van der Waals surface area contributed by atoms with E-state index in [4.69, 9.17) is 0 Å². The first-order chi connectivity index (χ1) is 11.2. The number of carbonyl (C=O) groups excluding carboxylic acids is 1. The number of carbonyl (C=O) groups is 1. The van der Waals surface area contributed by atoms with Crippen molar-refractivity contribution < 1.29 is 4.79 Å². The van der Waals surface area contributed by atoms with Gasteiger partial charge >= 0.3 is 0 Å². The maximum absolute atomic E-state index is 12.5. The molecule has 3 heterocycles. The summed E-state index contributed by atoms with van der Waals surface area (Å²) in [6.45, 7) is 3.49. The quantitative estimate of drug-likeness (QED) is 0.588. The van der Waals surface area contributed by atoms with Crippen molar-refractivity contribution in [3.8, 4) is 0 Å². The summed E-state index contributed by atoms with van der Waals surface area (Å²) in [5.41, 5.74) is 4.33. The summed E-state index contributed by atoms with van der Waals surface area (Å²) in [6, 6.07) is 7.59. The Balaban J connectivity index is 1.55. The maximum atomic E-state index is 12.5. The lowest BCUT2D eigenvalue weighted by Gasteiger charge is -2.14. The Hall–Kier alpha value is -2.67. The second-order valence-corrected chi connectivity index (χ2v) is 5.79. The highest BCUT2D eigenvalue weighted by molar-refractivity contribution is 5.94. The Bertz CT molecular complexity index is 831. The SMILES string of the molecule is CC(NC(=O)c1n[nH]c2c1CNCC2)c1nc2ccccc2[nH]1. The van der Waals surface area contributed by atoms with E-state index in [-0.39, 0.29) is 11.9 Å². The van der Waals surface area contributed by atoms with Gasteiger partial charge in [0.25, 0.3) is 5.91 Å². The molecule has 0 spiro atoms. The molecule has 3 aromatic rings. The molecule has 1 amide bonds. The van der Waals surface area contributed by atoms with E-state index in [9.17, 15) is 4.79 Å². The number of nitrogens with zero attached hydrogens (tertiary/aromatic N) is 2. The first-order valence-corrected chi connectivity index (χ1v) is 7.74. The summed E-state index contributed by atoms with van der Waals surface area (Å²) in [5.74, 6) is 0.557. The zero-order chi connectivity index (χ0) is 15.8. The van der Waals surface area contributed by atoms with Crippen molar-refractivity contribution in [2.75, 3.05) is 6.54 Å². The normalized spacial score (nSPS) is 15.3. The number of nitrogens with one attached hydrogen (secondary N) is 4. The fourth-order valence-corrected chi connectivity index (χ4v) is 2.92. The third-order valence-corrected chi connectivity index (χ3v) is 4.19. The summed E-state index contributed by atoms with van der Waals surface area (Å²) in [5, 5.41) is 13.4. The minimum atomic E-state index is -0.223. The van der Waals surface area contributed by atoms with Crippen LogP contribution in [-0.4, -0.2) is 32.6 Å². The lowest BCUT2D eigenvalue weighted by atomic mass is 10.1. The number of fused-ring (bicyclic) bond motifs is 2. The van der Waals surface area contributed by atoms with Gasteiger partial charge in [0.05, 0.1) is 17.1 Å². The van der Waals surface area contributed by atoms with Crippen LogP contribution in [0.4, 0.5) is 0 Å². The van der Waals surface area contributed by atoms with Gasteiger partial charge in [-0.25, -0.2) is 4.98 Å². The van der Waals surface area contributed by atoms with Gasteiger partial charge in [-0.3, -0.25) is 9.89 Å². The van der Waals surface area contributed by atoms with Crippen LogP contribution in [0.2, 0.25) is 0 Å². The van der Waals surface area contributed by atoms with Crippen LogP contribution in [0, 0.1) is 0 Å². The molecule has 1 unspecified atom stereocenters. The molecule has 4 rings (SSSR count). The van der Waals surface area contributed by atoms with Crippen molar-refractivity contribution in [2.24, 2.45) is 0 Å². The van der Waals surface area contributed by atoms with Crippen LogP contribution in [0.15, 0.2) is 24.3 Å². The molecule has 1 aliphatic heterocycles. The molecule has 1 aromatic carbocycles. The van der Waals surface area contributed by atoms with Crippen molar-refractivity contribution >= 4 is 16.9 Å². The molecule has 0 aliphatic carbocycles.